The molecular weight excluding hydrogens is 561 g/mol. The number of aliphatic hydroxyl groups excluding tert-OH is 1. The molecule has 0 amide bonds. The summed E-state index contributed by atoms with van der Waals surface area (Å²) in [6.45, 7) is 16.3. The van der Waals surface area contributed by atoms with Crippen LogP contribution < -0.4 is 4.72 Å². The first-order chi connectivity index (χ1) is 21.3. The molecule has 3 fully saturated rings. The van der Waals surface area contributed by atoms with Gasteiger partial charge in [0.1, 0.15) is 0 Å². The molecule has 2 aliphatic heterocycles. The lowest BCUT2D eigenvalue weighted by molar-refractivity contribution is -0.0714. The maximum Gasteiger partial charge on any atom is 0.0740 e. The Balaban J connectivity index is 1.13. The van der Waals surface area contributed by atoms with Crippen molar-refractivity contribution in [3.8, 4) is 0 Å². The van der Waals surface area contributed by atoms with E-state index in [0.29, 0.717) is 29.9 Å². The Kier molecular flexibility index (Phi) is 10.6. The van der Waals surface area contributed by atoms with Gasteiger partial charge in [-0.25, -0.2) is 0 Å². The van der Waals surface area contributed by atoms with Gasteiger partial charge in [0.05, 0.1) is 18.8 Å². The van der Waals surface area contributed by atoms with Crippen LogP contribution in [0.1, 0.15) is 91.5 Å². The normalized spacial score (nSPS) is 40.4. The quantitative estimate of drug-likeness (QED) is 0.241. The van der Waals surface area contributed by atoms with Crippen molar-refractivity contribution in [1.82, 2.24) is 9.62 Å². The molecule has 0 radical (unpaired) electrons. The van der Waals surface area contributed by atoms with Gasteiger partial charge in [0, 0.05) is 31.4 Å². The summed E-state index contributed by atoms with van der Waals surface area (Å²) in [5.41, 5.74) is 6.56. The lowest BCUT2D eigenvalue weighted by atomic mass is 9.56. The first-order valence-corrected chi connectivity index (χ1v) is 19.4. The fourth-order valence-electron chi connectivity index (χ4n) is 10.1. The van der Waals surface area contributed by atoms with Crippen LogP contribution in [0.15, 0.2) is 53.1 Å². The van der Waals surface area contributed by atoms with Crippen LogP contribution in [0, 0.1) is 35.0 Å². The maximum absolute atomic E-state index is 10.4. The van der Waals surface area contributed by atoms with E-state index in [-0.39, 0.29) is 22.2 Å². The number of hydrogen-bond donors (Lipinski definition) is 2. The monoisotopic (exact) mass is 620 g/mol. The molecule has 1 saturated heterocycles. The average molecular weight is 621 g/mol. The number of hydrogen-bond acceptors (Lipinski definition) is 4. The molecule has 6 rings (SSSR count). The molecule has 2 heterocycles. The van der Waals surface area contributed by atoms with Gasteiger partial charge in [-0.05, 0) is 118 Å². The number of aryl methyl sites for hydroxylation is 1. The highest BCUT2D eigenvalue weighted by Crippen LogP contribution is 2.62. The van der Waals surface area contributed by atoms with Crippen LogP contribution in [-0.4, -0.2) is 65.6 Å². The van der Waals surface area contributed by atoms with Crippen molar-refractivity contribution in [2.75, 3.05) is 32.0 Å². The van der Waals surface area contributed by atoms with E-state index < -0.39 is 0 Å². The molecule has 10 atom stereocenters. The number of piperidine rings is 1. The number of likely N-dealkylation sites (tertiary alicyclic amines) is 1. The standard InChI is InChI=1S/C39H60N2O2S/c1-6-44(21-17-30-10-8-7-9-11-30)40-19-20-41-25-27(2)22-37-38(41)28(3)12-14-33-34-15-13-31-23-32(42)16-18-39(31,5)36(34)24-35(33)29(4)26-43-37/h6-11,13,27-28,32-34,36-38,40,42H,12,14-26H2,1-5H3/b35-29-/t27-,28-,32-,33-,34-,36-,37+,38-,39-,44?/m0/s1. The van der Waals surface area contributed by atoms with E-state index in [4.69, 9.17) is 4.74 Å². The van der Waals surface area contributed by atoms with Crippen molar-refractivity contribution in [2.24, 2.45) is 35.0 Å². The van der Waals surface area contributed by atoms with Gasteiger partial charge in [-0.3, -0.25) is 9.62 Å². The number of nitrogens with zero attached hydrogens (tertiary/aromatic N) is 1. The second-order valence-corrected chi connectivity index (χ2v) is 17.4. The third kappa shape index (κ3) is 6.88. The van der Waals surface area contributed by atoms with Crippen LogP contribution in [0.5, 0.6) is 0 Å². The lowest BCUT2D eigenvalue weighted by Gasteiger charge is -2.49. The minimum absolute atomic E-state index is 0.132. The minimum Gasteiger partial charge on any atom is -0.393 e. The third-order valence-corrected chi connectivity index (χ3v) is 14.3. The van der Waals surface area contributed by atoms with E-state index in [2.05, 4.69) is 86.0 Å². The fourth-order valence-corrected chi connectivity index (χ4v) is 11.5. The van der Waals surface area contributed by atoms with Crippen molar-refractivity contribution in [1.29, 1.82) is 0 Å². The predicted molar refractivity (Wildman–Crippen MR) is 188 cm³/mol. The Hall–Kier alpha value is -1.24. The SMILES string of the molecule is C/C=S(\CCc1ccccc1)NCCN1C[C@@H](C)C[C@H]2OC/C(C)=C3/C[C@H]4[C@@H](CC=C5C[C@@H](O)CC[C@@]54C)[C@@H]3CC[C@H](C)[C@@H]21. The highest BCUT2D eigenvalue weighted by Gasteiger charge is 2.53. The van der Waals surface area contributed by atoms with Crippen LogP contribution in [0.4, 0.5) is 0 Å². The van der Waals surface area contributed by atoms with Crippen LogP contribution in [-0.2, 0) is 11.2 Å². The molecule has 0 spiro atoms. The highest BCUT2D eigenvalue weighted by molar-refractivity contribution is 8.13. The molecule has 1 aromatic rings. The van der Waals surface area contributed by atoms with Crippen molar-refractivity contribution in [3.63, 3.8) is 0 Å². The highest BCUT2D eigenvalue weighted by atomic mass is 32.2. The Morgan fingerprint density at radius 2 is 1.95 bits per heavy atom. The molecule has 1 unspecified atom stereocenters. The maximum atomic E-state index is 10.4. The van der Waals surface area contributed by atoms with E-state index in [1.165, 1.54) is 55.5 Å². The largest absolute Gasteiger partial charge is 0.393 e. The summed E-state index contributed by atoms with van der Waals surface area (Å²) >= 11 is 0. The zero-order valence-corrected chi connectivity index (χ0v) is 29.1. The molecule has 5 aliphatic rings. The molecular formula is C39H60N2O2S. The van der Waals surface area contributed by atoms with Gasteiger partial charge in [-0.1, -0.05) is 73.7 Å². The number of ether oxygens (including phenoxy) is 1. The number of rotatable bonds is 7. The molecule has 44 heavy (non-hydrogen) atoms. The summed E-state index contributed by atoms with van der Waals surface area (Å²) in [5.74, 6) is 4.68. The van der Waals surface area contributed by atoms with Crippen LogP contribution >= 0.6 is 10.7 Å². The Morgan fingerprint density at radius 1 is 1.14 bits per heavy atom. The molecule has 4 nitrogen and oxygen atoms in total. The van der Waals surface area contributed by atoms with Gasteiger partial charge >= 0.3 is 0 Å². The summed E-state index contributed by atoms with van der Waals surface area (Å²) < 4.78 is 10.9. The molecule has 0 bridgehead atoms. The number of benzene rings is 1. The predicted octanol–water partition coefficient (Wildman–Crippen LogP) is 7.80. The second-order valence-electron chi connectivity index (χ2n) is 15.4. The number of allylic oxidation sites excluding steroid dienone is 2. The lowest BCUT2D eigenvalue weighted by Crippen LogP contribution is -2.56. The van der Waals surface area contributed by atoms with E-state index >= 15 is 0 Å². The van der Waals surface area contributed by atoms with Gasteiger partial charge in [0.25, 0.3) is 0 Å². The summed E-state index contributed by atoms with van der Waals surface area (Å²) in [5, 5.41) is 12.8. The minimum atomic E-state index is -0.132. The molecule has 2 saturated carbocycles. The molecule has 244 valence electrons. The second kappa shape index (κ2) is 14.3. The van der Waals surface area contributed by atoms with Gasteiger partial charge in [-0.15, -0.1) is 10.7 Å². The zero-order valence-electron chi connectivity index (χ0n) is 28.3. The summed E-state index contributed by atoms with van der Waals surface area (Å²) in [6, 6.07) is 11.4. The Labute approximate surface area is 271 Å². The van der Waals surface area contributed by atoms with Gasteiger partial charge in [-0.2, -0.15) is 0 Å². The van der Waals surface area contributed by atoms with Crippen LogP contribution in [0.25, 0.3) is 0 Å². The first-order valence-electron chi connectivity index (χ1n) is 17.9. The molecule has 0 aromatic heterocycles. The smallest absolute Gasteiger partial charge is 0.0740 e. The molecule has 2 N–H and O–H groups in total. The number of nitrogens with one attached hydrogen (secondary N) is 1. The molecule has 3 aliphatic carbocycles. The zero-order chi connectivity index (χ0) is 30.8. The topological polar surface area (TPSA) is 44.7 Å². The molecule has 1 aromatic carbocycles. The Morgan fingerprint density at radius 3 is 2.75 bits per heavy atom. The van der Waals surface area contributed by atoms with E-state index in [1.807, 2.05) is 0 Å². The van der Waals surface area contributed by atoms with E-state index in [1.54, 1.807) is 11.1 Å². The number of aliphatic hydroxyl groups is 1. The van der Waals surface area contributed by atoms with Crippen molar-refractivity contribution in [3.05, 3.63) is 58.7 Å². The summed E-state index contributed by atoms with van der Waals surface area (Å²) in [4.78, 5) is 2.81. The van der Waals surface area contributed by atoms with Gasteiger partial charge < -0.3 is 9.84 Å². The summed E-state index contributed by atoms with van der Waals surface area (Å²) in [6.07, 6.45) is 13.2. The third-order valence-electron chi connectivity index (χ3n) is 12.5. The fraction of sp³-hybridized carbons (Fsp3) is 0.718. The van der Waals surface area contributed by atoms with E-state index in [9.17, 15) is 5.11 Å². The van der Waals surface area contributed by atoms with Crippen LogP contribution in [0.2, 0.25) is 0 Å². The first kappa shape index (κ1) is 32.7. The summed E-state index contributed by atoms with van der Waals surface area (Å²) in [7, 11) is 0.147. The van der Waals surface area contributed by atoms with Crippen molar-refractivity contribution in [2.45, 2.75) is 111 Å². The van der Waals surface area contributed by atoms with Crippen LogP contribution in [0.3, 0.4) is 0 Å². The average Bonchev–Trinajstić information content (AvgIpc) is 3.40. The van der Waals surface area contributed by atoms with Gasteiger partial charge in [0.15, 0.2) is 0 Å². The van der Waals surface area contributed by atoms with Gasteiger partial charge in [0.2, 0.25) is 0 Å². The van der Waals surface area contributed by atoms with Crippen molar-refractivity contribution < 1.29 is 9.84 Å². The number of fused-ring (bicyclic) bond motifs is 6. The van der Waals surface area contributed by atoms with Crippen molar-refractivity contribution >= 4 is 16.0 Å². The Bertz CT molecular complexity index is 1230. The van der Waals surface area contributed by atoms with E-state index in [0.717, 1.165) is 57.2 Å². The molecule has 5 heteroatoms.